The van der Waals surface area contributed by atoms with E-state index >= 15 is 0 Å². The van der Waals surface area contributed by atoms with Crippen molar-refractivity contribution >= 4 is 53.4 Å². The highest BCUT2D eigenvalue weighted by Gasteiger charge is 2.31. The average Bonchev–Trinajstić information content (AvgIpc) is 2.17. The minimum Gasteiger partial charge on any atom is -0.0808 e. The van der Waals surface area contributed by atoms with Gasteiger partial charge in [-0.05, 0) is 12.0 Å². The van der Waals surface area contributed by atoms with E-state index in [4.69, 9.17) is 0 Å². The summed E-state index contributed by atoms with van der Waals surface area (Å²) in [5.74, 6) is 0. The summed E-state index contributed by atoms with van der Waals surface area (Å²) in [5, 5.41) is 0. The predicted molar refractivity (Wildman–Crippen MR) is 76.6 cm³/mol. The van der Waals surface area contributed by atoms with Gasteiger partial charge in [-0.2, -0.15) is 0 Å². The average molecular weight is 393 g/mol. The fourth-order valence-electron chi connectivity index (χ4n) is 1.62. The van der Waals surface area contributed by atoms with Crippen molar-refractivity contribution < 1.29 is 0 Å². The fraction of sp³-hybridized carbons (Fsp3) is 0.167. The summed E-state index contributed by atoms with van der Waals surface area (Å²) in [6, 6.07) is 10.4. The lowest BCUT2D eigenvalue weighted by Crippen LogP contribution is -2.16. The summed E-state index contributed by atoms with van der Waals surface area (Å²) < 4.78 is 0.961. The van der Waals surface area contributed by atoms with E-state index in [1.165, 1.54) is 11.1 Å². The maximum absolute atomic E-state index is 3.71. The Balaban J connectivity index is 2.54. The van der Waals surface area contributed by atoms with E-state index in [0.29, 0.717) is 0 Å². The molecule has 1 aliphatic carbocycles. The summed E-state index contributed by atoms with van der Waals surface area (Å²) in [6.45, 7) is 0. The third-order valence-corrected chi connectivity index (χ3v) is 4.41. The van der Waals surface area contributed by atoms with Gasteiger partial charge in [0.1, 0.15) is 3.23 Å². The Morgan fingerprint density at radius 1 is 1.07 bits per heavy atom. The number of alkyl halides is 2. The molecule has 3 heteroatoms. The minimum absolute atomic E-state index is 0.158. The number of hydrogen-bond donors (Lipinski definition) is 0. The van der Waals surface area contributed by atoms with Gasteiger partial charge in [0, 0.05) is 10.1 Å². The minimum atomic E-state index is -0.158. The summed E-state index contributed by atoms with van der Waals surface area (Å²) in [7, 11) is 0. The van der Waals surface area contributed by atoms with Crippen molar-refractivity contribution in [3.63, 3.8) is 0 Å². The van der Waals surface area contributed by atoms with Crippen molar-refractivity contribution in [3.05, 3.63) is 52.5 Å². The van der Waals surface area contributed by atoms with E-state index in [0.717, 1.165) is 10.9 Å². The van der Waals surface area contributed by atoms with Gasteiger partial charge < -0.3 is 0 Å². The van der Waals surface area contributed by atoms with Gasteiger partial charge in [0.05, 0.1) is 0 Å². The lowest BCUT2D eigenvalue weighted by Gasteiger charge is -2.27. The van der Waals surface area contributed by atoms with Crippen LogP contribution in [0, 0.1) is 0 Å². The Bertz CT molecular complexity index is 416. The molecule has 0 aliphatic heterocycles. The molecule has 1 aromatic rings. The second-order valence-electron chi connectivity index (χ2n) is 3.40. The number of rotatable bonds is 1. The van der Waals surface area contributed by atoms with Crippen LogP contribution in [0.1, 0.15) is 12.0 Å². The van der Waals surface area contributed by atoms with Crippen LogP contribution >= 0.6 is 47.8 Å². The van der Waals surface area contributed by atoms with Gasteiger partial charge in [-0.3, -0.25) is 0 Å². The zero-order chi connectivity index (χ0) is 10.9. The first kappa shape index (κ1) is 11.6. The molecule has 0 aromatic heterocycles. The number of halogens is 3. The Hall–Kier alpha value is 0.140. The molecule has 0 unspecified atom stereocenters. The lowest BCUT2D eigenvalue weighted by atomic mass is 9.97. The van der Waals surface area contributed by atoms with Crippen molar-refractivity contribution in [2.45, 2.75) is 9.65 Å². The molecule has 78 valence electrons. The largest absolute Gasteiger partial charge is 0.110 e. The van der Waals surface area contributed by atoms with Crippen LogP contribution in [-0.4, -0.2) is 3.23 Å². The molecule has 0 bridgehead atoms. The lowest BCUT2D eigenvalue weighted by molar-refractivity contribution is 1.04. The van der Waals surface area contributed by atoms with Crippen molar-refractivity contribution in [2.24, 2.45) is 0 Å². The van der Waals surface area contributed by atoms with E-state index in [-0.39, 0.29) is 3.23 Å². The standard InChI is InChI=1S/C12H9Br3/c13-10-7-4-8-12(14,15)11(10)9-5-2-1-3-6-9/h1-7H,8H2. The van der Waals surface area contributed by atoms with Gasteiger partial charge in [-0.15, -0.1) is 0 Å². The third kappa shape index (κ3) is 2.45. The van der Waals surface area contributed by atoms with Gasteiger partial charge in [-0.25, -0.2) is 0 Å². The quantitative estimate of drug-likeness (QED) is 0.573. The van der Waals surface area contributed by atoms with Crippen molar-refractivity contribution in [2.75, 3.05) is 0 Å². The molecule has 0 heterocycles. The first-order valence-corrected chi connectivity index (χ1v) is 6.99. The van der Waals surface area contributed by atoms with Gasteiger partial charge in [0.25, 0.3) is 0 Å². The summed E-state index contributed by atoms with van der Waals surface area (Å²) in [5.41, 5.74) is 2.47. The zero-order valence-corrected chi connectivity index (χ0v) is 12.6. The van der Waals surface area contributed by atoms with Crippen molar-refractivity contribution in [1.82, 2.24) is 0 Å². The smallest absolute Gasteiger partial charge is 0.0808 e. The predicted octanol–water partition coefficient (Wildman–Crippen LogP) is 5.24. The summed E-state index contributed by atoms with van der Waals surface area (Å²) in [4.78, 5) is 0. The van der Waals surface area contributed by atoms with Crippen LogP contribution in [0.3, 0.4) is 0 Å². The van der Waals surface area contributed by atoms with E-state index in [9.17, 15) is 0 Å². The first-order valence-electron chi connectivity index (χ1n) is 4.61. The highest BCUT2D eigenvalue weighted by atomic mass is 79.9. The number of allylic oxidation sites excluding steroid dienone is 4. The Morgan fingerprint density at radius 3 is 2.33 bits per heavy atom. The van der Waals surface area contributed by atoms with Crippen LogP contribution in [-0.2, 0) is 0 Å². The van der Waals surface area contributed by atoms with Crippen molar-refractivity contribution in [1.29, 1.82) is 0 Å². The van der Waals surface area contributed by atoms with Gasteiger partial charge >= 0.3 is 0 Å². The third-order valence-electron chi connectivity index (χ3n) is 2.31. The van der Waals surface area contributed by atoms with E-state index < -0.39 is 0 Å². The maximum atomic E-state index is 3.71. The summed E-state index contributed by atoms with van der Waals surface area (Å²) >= 11 is 11.0. The highest BCUT2D eigenvalue weighted by Crippen LogP contribution is 2.48. The normalized spacial score (nSPS) is 19.4. The van der Waals surface area contributed by atoms with E-state index in [2.05, 4.69) is 84.2 Å². The molecule has 0 atom stereocenters. The van der Waals surface area contributed by atoms with Gasteiger partial charge in [0.15, 0.2) is 0 Å². The van der Waals surface area contributed by atoms with Crippen LogP contribution in [0.15, 0.2) is 47.0 Å². The molecule has 0 nitrogen and oxygen atoms in total. The molecule has 15 heavy (non-hydrogen) atoms. The van der Waals surface area contributed by atoms with Crippen LogP contribution < -0.4 is 0 Å². The Kier molecular flexibility index (Phi) is 3.53. The van der Waals surface area contributed by atoms with E-state index in [1.54, 1.807) is 0 Å². The van der Waals surface area contributed by atoms with Crippen LogP contribution in [0.25, 0.3) is 5.57 Å². The van der Waals surface area contributed by atoms with Gasteiger partial charge in [-0.1, -0.05) is 90.3 Å². The molecule has 1 aromatic carbocycles. The molecule has 0 saturated carbocycles. The summed E-state index contributed by atoms with van der Waals surface area (Å²) in [6.07, 6.45) is 5.18. The second kappa shape index (κ2) is 4.56. The monoisotopic (exact) mass is 390 g/mol. The molecule has 0 amide bonds. The van der Waals surface area contributed by atoms with Crippen LogP contribution in [0.5, 0.6) is 0 Å². The molecular weight excluding hydrogens is 384 g/mol. The molecule has 0 saturated heterocycles. The Morgan fingerprint density at radius 2 is 1.73 bits per heavy atom. The molecule has 1 aliphatic rings. The van der Waals surface area contributed by atoms with Crippen LogP contribution in [0.2, 0.25) is 0 Å². The Labute approximate surface area is 115 Å². The molecule has 0 radical (unpaired) electrons. The first-order chi connectivity index (χ1) is 7.11. The van der Waals surface area contributed by atoms with E-state index in [1.807, 2.05) is 6.07 Å². The molecule has 2 rings (SSSR count). The van der Waals surface area contributed by atoms with Gasteiger partial charge in [0.2, 0.25) is 0 Å². The second-order valence-corrected chi connectivity index (χ2v) is 8.03. The fourth-order valence-corrected chi connectivity index (χ4v) is 4.17. The molecular formula is C12H9Br3. The molecule has 0 fully saturated rings. The van der Waals surface area contributed by atoms with Crippen LogP contribution in [0.4, 0.5) is 0 Å². The maximum Gasteiger partial charge on any atom is 0.110 e. The van der Waals surface area contributed by atoms with Crippen molar-refractivity contribution in [3.8, 4) is 0 Å². The SMILES string of the molecule is BrC1=C(c2ccccc2)C(Br)(Br)CC=C1. The molecule has 0 spiro atoms. The number of benzene rings is 1. The topological polar surface area (TPSA) is 0 Å². The number of hydrogen-bond acceptors (Lipinski definition) is 0. The zero-order valence-electron chi connectivity index (χ0n) is 7.88. The highest BCUT2D eigenvalue weighted by molar-refractivity contribution is 9.25. The molecule has 0 N–H and O–H groups in total.